The molecule has 0 atom stereocenters. The summed E-state index contributed by atoms with van der Waals surface area (Å²) in [6.07, 6.45) is 1.57. The Bertz CT molecular complexity index is 462. The smallest absolute Gasteiger partial charge is 0.186 e. The predicted octanol–water partition coefficient (Wildman–Crippen LogP) is 3.53. The highest BCUT2D eigenvalue weighted by molar-refractivity contribution is 7.17. The second kappa shape index (κ2) is 4.65. The van der Waals surface area contributed by atoms with Gasteiger partial charge in [0.2, 0.25) is 0 Å². The van der Waals surface area contributed by atoms with Gasteiger partial charge in [-0.25, -0.2) is 4.98 Å². The number of carbonyl (C=O) groups excluding carboxylic acids is 1. The maximum Gasteiger partial charge on any atom is 0.186 e. The number of hydrogen-bond acceptors (Lipinski definition) is 4. The van der Waals surface area contributed by atoms with E-state index >= 15 is 0 Å². The number of hydrogen-bond donors (Lipinski definition) is 0. The average Bonchev–Trinajstić information content (AvgIpc) is 2.60. The number of carbonyl (C=O) groups is 1. The molecule has 1 aromatic rings. The van der Waals surface area contributed by atoms with Crippen LogP contribution in [0.15, 0.2) is 0 Å². The summed E-state index contributed by atoms with van der Waals surface area (Å²) in [5, 5.41) is 1.00. The highest BCUT2D eigenvalue weighted by Crippen LogP contribution is 2.39. The summed E-state index contributed by atoms with van der Waals surface area (Å²) in [6, 6.07) is 0.422. The Morgan fingerprint density at radius 2 is 2.06 bits per heavy atom. The van der Waals surface area contributed by atoms with Crippen molar-refractivity contribution in [2.45, 2.75) is 53.5 Å². The Morgan fingerprint density at radius 1 is 1.39 bits per heavy atom. The zero-order valence-corrected chi connectivity index (χ0v) is 12.7. The van der Waals surface area contributed by atoms with Crippen LogP contribution in [0.2, 0.25) is 0 Å². The molecule has 100 valence electrons. The molecule has 4 heteroatoms. The first-order valence-corrected chi connectivity index (χ1v) is 7.45. The van der Waals surface area contributed by atoms with Crippen molar-refractivity contribution in [2.75, 3.05) is 11.4 Å². The summed E-state index contributed by atoms with van der Waals surface area (Å²) in [7, 11) is 0. The molecule has 0 unspecified atom stereocenters. The van der Waals surface area contributed by atoms with Gasteiger partial charge in [-0.2, -0.15) is 0 Å². The molecule has 0 amide bonds. The van der Waals surface area contributed by atoms with E-state index in [9.17, 15) is 4.79 Å². The summed E-state index contributed by atoms with van der Waals surface area (Å²) in [5.74, 6) is 0.268. The molecule has 0 spiro atoms. The lowest BCUT2D eigenvalue weighted by molar-refractivity contribution is 0.0916. The van der Waals surface area contributed by atoms with Crippen molar-refractivity contribution in [3.05, 3.63) is 10.6 Å². The standard InChI is InChI=1S/C14H22N2OS/c1-6-16(9(2)3)13-15-10-7-14(4,5)8-11(17)12(10)18-13/h9H,6-8H2,1-5H3. The van der Waals surface area contributed by atoms with Crippen LogP contribution in [-0.4, -0.2) is 23.4 Å². The summed E-state index contributed by atoms with van der Waals surface area (Å²) in [5.41, 5.74) is 1.07. The maximum absolute atomic E-state index is 12.1. The van der Waals surface area contributed by atoms with Crippen molar-refractivity contribution in [3.8, 4) is 0 Å². The largest absolute Gasteiger partial charge is 0.346 e. The van der Waals surface area contributed by atoms with Crippen LogP contribution in [0.4, 0.5) is 5.13 Å². The van der Waals surface area contributed by atoms with Gasteiger partial charge in [0.05, 0.1) is 10.6 Å². The molecular weight excluding hydrogens is 244 g/mol. The van der Waals surface area contributed by atoms with Crippen LogP contribution in [0.3, 0.4) is 0 Å². The van der Waals surface area contributed by atoms with Crippen LogP contribution in [0.1, 0.15) is 56.4 Å². The number of Topliss-reactive ketones (excluding diaryl/α,β-unsaturated/α-hetero) is 1. The minimum absolute atomic E-state index is 0.0598. The van der Waals surface area contributed by atoms with Crippen LogP contribution in [0.25, 0.3) is 0 Å². The second-order valence-electron chi connectivity index (χ2n) is 6.09. The van der Waals surface area contributed by atoms with E-state index in [4.69, 9.17) is 4.98 Å². The van der Waals surface area contributed by atoms with Gasteiger partial charge < -0.3 is 4.90 Å². The molecule has 1 aliphatic carbocycles. The number of ketones is 1. The van der Waals surface area contributed by atoms with Crippen LogP contribution in [0, 0.1) is 5.41 Å². The van der Waals surface area contributed by atoms with E-state index in [1.807, 2.05) is 0 Å². The molecule has 0 aliphatic heterocycles. The zero-order chi connectivity index (χ0) is 13.5. The molecule has 0 saturated heterocycles. The van der Waals surface area contributed by atoms with Gasteiger partial charge in [0, 0.05) is 19.0 Å². The van der Waals surface area contributed by atoms with Gasteiger partial charge in [-0.05, 0) is 32.6 Å². The fourth-order valence-corrected chi connectivity index (χ4v) is 3.77. The number of aromatic nitrogens is 1. The number of thiazole rings is 1. The lowest BCUT2D eigenvalue weighted by Gasteiger charge is -2.26. The number of fused-ring (bicyclic) bond motifs is 1. The second-order valence-corrected chi connectivity index (χ2v) is 7.07. The Morgan fingerprint density at radius 3 is 2.61 bits per heavy atom. The van der Waals surface area contributed by atoms with Gasteiger partial charge in [-0.1, -0.05) is 25.2 Å². The Balaban J connectivity index is 2.37. The fraction of sp³-hybridized carbons (Fsp3) is 0.714. The molecule has 0 saturated carbocycles. The lowest BCUT2D eigenvalue weighted by Crippen LogP contribution is -2.30. The predicted molar refractivity (Wildman–Crippen MR) is 76.7 cm³/mol. The summed E-state index contributed by atoms with van der Waals surface area (Å²) in [6.45, 7) is 11.7. The van der Waals surface area contributed by atoms with Gasteiger partial charge in [-0.15, -0.1) is 0 Å². The van der Waals surface area contributed by atoms with Gasteiger partial charge in [0.15, 0.2) is 10.9 Å². The van der Waals surface area contributed by atoms with E-state index in [0.29, 0.717) is 12.5 Å². The van der Waals surface area contributed by atoms with E-state index in [1.165, 1.54) is 0 Å². The molecule has 2 rings (SSSR count). The molecule has 1 aliphatic rings. The van der Waals surface area contributed by atoms with Gasteiger partial charge >= 0.3 is 0 Å². The third kappa shape index (κ3) is 2.44. The molecule has 1 aromatic heterocycles. The molecule has 0 aromatic carbocycles. The first kappa shape index (κ1) is 13.5. The topological polar surface area (TPSA) is 33.2 Å². The lowest BCUT2D eigenvalue weighted by atomic mass is 9.78. The minimum Gasteiger partial charge on any atom is -0.346 e. The molecule has 3 nitrogen and oxygen atoms in total. The van der Waals surface area contributed by atoms with E-state index in [2.05, 4.69) is 39.5 Å². The zero-order valence-electron chi connectivity index (χ0n) is 11.9. The van der Waals surface area contributed by atoms with Gasteiger partial charge in [0.1, 0.15) is 0 Å². The molecule has 0 bridgehead atoms. The van der Waals surface area contributed by atoms with Gasteiger partial charge in [-0.3, -0.25) is 4.79 Å². The van der Waals surface area contributed by atoms with E-state index in [1.54, 1.807) is 11.3 Å². The van der Waals surface area contributed by atoms with Crippen molar-refractivity contribution in [3.63, 3.8) is 0 Å². The van der Waals surface area contributed by atoms with Crippen molar-refractivity contribution in [2.24, 2.45) is 5.41 Å². The normalized spacial score (nSPS) is 18.0. The van der Waals surface area contributed by atoms with Gasteiger partial charge in [0.25, 0.3) is 0 Å². The Hall–Kier alpha value is -0.900. The van der Waals surface area contributed by atoms with E-state index < -0.39 is 0 Å². The fourth-order valence-electron chi connectivity index (χ4n) is 2.55. The molecule has 18 heavy (non-hydrogen) atoms. The molecular formula is C14H22N2OS. The van der Waals surface area contributed by atoms with Crippen LogP contribution in [-0.2, 0) is 6.42 Å². The van der Waals surface area contributed by atoms with Crippen molar-refractivity contribution in [1.29, 1.82) is 0 Å². The quantitative estimate of drug-likeness (QED) is 0.839. The number of nitrogens with zero attached hydrogens (tertiary/aromatic N) is 2. The summed E-state index contributed by atoms with van der Waals surface area (Å²) >= 11 is 1.57. The average molecular weight is 266 g/mol. The molecule has 0 fully saturated rings. The SMILES string of the molecule is CCN(c1nc2c(s1)C(=O)CC(C)(C)C2)C(C)C. The van der Waals surface area contributed by atoms with Crippen molar-refractivity contribution in [1.82, 2.24) is 4.98 Å². The molecule has 0 N–H and O–H groups in total. The number of rotatable bonds is 3. The first-order valence-electron chi connectivity index (χ1n) is 6.63. The third-order valence-electron chi connectivity index (χ3n) is 3.43. The Labute approximate surface area is 113 Å². The van der Waals surface area contributed by atoms with Crippen LogP contribution in [0.5, 0.6) is 0 Å². The molecule has 0 radical (unpaired) electrons. The minimum atomic E-state index is 0.0598. The highest BCUT2D eigenvalue weighted by Gasteiger charge is 2.34. The Kier molecular flexibility index (Phi) is 3.49. The van der Waals surface area contributed by atoms with Crippen molar-refractivity contribution < 1.29 is 4.79 Å². The van der Waals surface area contributed by atoms with Crippen LogP contribution < -0.4 is 4.90 Å². The monoisotopic (exact) mass is 266 g/mol. The molecule has 1 heterocycles. The van der Waals surface area contributed by atoms with E-state index in [-0.39, 0.29) is 11.2 Å². The van der Waals surface area contributed by atoms with Crippen molar-refractivity contribution >= 4 is 22.3 Å². The van der Waals surface area contributed by atoms with E-state index in [0.717, 1.165) is 28.7 Å². The third-order valence-corrected chi connectivity index (χ3v) is 4.61. The highest BCUT2D eigenvalue weighted by atomic mass is 32.1. The summed E-state index contributed by atoms with van der Waals surface area (Å²) in [4.78, 5) is 20.0. The first-order chi connectivity index (χ1) is 8.34. The summed E-state index contributed by atoms with van der Waals surface area (Å²) < 4.78 is 0. The number of anilines is 1. The van der Waals surface area contributed by atoms with Crippen LogP contribution >= 0.6 is 11.3 Å². The maximum atomic E-state index is 12.1.